The molecule has 2 nitrogen and oxygen atoms in total. The molecular formula is C9H15NO. The molecule has 11 heavy (non-hydrogen) atoms. The van der Waals surface area contributed by atoms with Crippen LogP contribution in [0.2, 0.25) is 0 Å². The van der Waals surface area contributed by atoms with Crippen LogP contribution in [0.1, 0.15) is 25.7 Å². The number of piperidine rings is 1. The lowest BCUT2D eigenvalue weighted by Gasteiger charge is -2.39. The molecule has 2 atom stereocenters. The van der Waals surface area contributed by atoms with E-state index in [1.807, 2.05) is 0 Å². The van der Waals surface area contributed by atoms with Gasteiger partial charge in [-0.25, -0.2) is 0 Å². The van der Waals surface area contributed by atoms with Crippen molar-refractivity contribution in [1.82, 2.24) is 4.90 Å². The van der Waals surface area contributed by atoms with Crippen LogP contribution in [0.5, 0.6) is 0 Å². The van der Waals surface area contributed by atoms with Gasteiger partial charge in [0.15, 0.2) is 5.78 Å². The third-order valence-corrected chi connectivity index (χ3v) is 3.12. The number of carbonyl (C=O) groups excluding carboxylic acids is 1. The highest BCUT2D eigenvalue weighted by Gasteiger charge is 2.37. The van der Waals surface area contributed by atoms with Crippen LogP contribution in [-0.2, 0) is 4.79 Å². The predicted molar refractivity (Wildman–Crippen MR) is 43.4 cm³/mol. The lowest BCUT2D eigenvalue weighted by molar-refractivity contribution is -0.134. The van der Waals surface area contributed by atoms with Crippen molar-refractivity contribution in [2.45, 2.75) is 31.7 Å². The van der Waals surface area contributed by atoms with Gasteiger partial charge in [-0.1, -0.05) is 6.42 Å². The first kappa shape index (κ1) is 7.29. The Balaban J connectivity index is 2.16. The van der Waals surface area contributed by atoms with Gasteiger partial charge >= 0.3 is 0 Å². The molecule has 2 rings (SSSR count). The third kappa shape index (κ3) is 1.09. The number of nitrogens with zero attached hydrogens (tertiary/aromatic N) is 1. The topological polar surface area (TPSA) is 20.3 Å². The number of Topliss-reactive ketones (excluding diaryl/α,β-unsaturated/α-hetero) is 1. The van der Waals surface area contributed by atoms with Crippen molar-refractivity contribution >= 4 is 5.78 Å². The SMILES string of the molecule is CN1CCC2CCCC1C2=O. The fraction of sp³-hybridized carbons (Fsp3) is 0.889. The maximum absolute atomic E-state index is 11.6. The summed E-state index contributed by atoms with van der Waals surface area (Å²) in [6.45, 7) is 1.13. The van der Waals surface area contributed by atoms with E-state index in [0.29, 0.717) is 11.7 Å². The van der Waals surface area contributed by atoms with E-state index < -0.39 is 0 Å². The molecule has 2 aliphatic rings. The molecule has 0 radical (unpaired) electrons. The third-order valence-electron chi connectivity index (χ3n) is 3.12. The number of carbonyl (C=O) groups is 1. The molecule has 62 valence electrons. The lowest BCUT2D eigenvalue weighted by atomic mass is 9.79. The molecule has 1 heterocycles. The van der Waals surface area contributed by atoms with E-state index >= 15 is 0 Å². The van der Waals surface area contributed by atoms with Crippen molar-refractivity contribution < 1.29 is 4.79 Å². The zero-order valence-electron chi connectivity index (χ0n) is 7.05. The summed E-state index contributed by atoms with van der Waals surface area (Å²) in [5.74, 6) is 0.940. The van der Waals surface area contributed by atoms with Crippen LogP contribution < -0.4 is 0 Å². The van der Waals surface area contributed by atoms with E-state index in [1.165, 1.54) is 6.42 Å². The number of fused-ring (bicyclic) bond motifs is 2. The molecule has 0 aromatic heterocycles. The zero-order valence-corrected chi connectivity index (χ0v) is 7.05. The fourth-order valence-corrected chi connectivity index (χ4v) is 2.35. The molecule has 2 unspecified atom stereocenters. The van der Waals surface area contributed by atoms with Crippen LogP contribution in [0.3, 0.4) is 0 Å². The maximum Gasteiger partial charge on any atom is 0.153 e. The first-order valence-electron chi connectivity index (χ1n) is 4.53. The first-order valence-corrected chi connectivity index (χ1v) is 4.53. The summed E-state index contributed by atoms with van der Waals surface area (Å²) in [7, 11) is 2.07. The summed E-state index contributed by atoms with van der Waals surface area (Å²) >= 11 is 0. The van der Waals surface area contributed by atoms with Crippen molar-refractivity contribution in [3.63, 3.8) is 0 Å². The van der Waals surface area contributed by atoms with Gasteiger partial charge in [0.2, 0.25) is 0 Å². The van der Waals surface area contributed by atoms with E-state index in [2.05, 4.69) is 11.9 Å². The van der Waals surface area contributed by atoms with Gasteiger partial charge in [-0.3, -0.25) is 9.69 Å². The fourth-order valence-electron chi connectivity index (χ4n) is 2.35. The Morgan fingerprint density at radius 1 is 1.36 bits per heavy atom. The molecule has 1 aliphatic heterocycles. The molecule has 0 aromatic carbocycles. The molecule has 2 heteroatoms. The minimum atomic E-state index is 0.280. The minimum absolute atomic E-state index is 0.280. The Hall–Kier alpha value is -0.370. The summed E-state index contributed by atoms with van der Waals surface area (Å²) in [5.41, 5.74) is 0. The van der Waals surface area contributed by atoms with Gasteiger partial charge in [0.1, 0.15) is 0 Å². The molecule has 1 saturated heterocycles. The van der Waals surface area contributed by atoms with Crippen LogP contribution in [-0.4, -0.2) is 30.3 Å². The van der Waals surface area contributed by atoms with Crippen LogP contribution in [0, 0.1) is 5.92 Å². The molecule has 1 saturated carbocycles. The number of ketones is 1. The van der Waals surface area contributed by atoms with Crippen LogP contribution in [0.15, 0.2) is 0 Å². The first-order chi connectivity index (χ1) is 5.29. The van der Waals surface area contributed by atoms with Crippen molar-refractivity contribution in [1.29, 1.82) is 0 Å². The van der Waals surface area contributed by atoms with E-state index in [0.717, 1.165) is 25.8 Å². The second-order valence-corrected chi connectivity index (χ2v) is 3.82. The molecular weight excluding hydrogens is 138 g/mol. The Kier molecular flexibility index (Phi) is 1.72. The number of likely N-dealkylation sites (N-methyl/N-ethyl adjacent to an activating group) is 1. The molecule has 2 bridgehead atoms. The molecule has 0 spiro atoms. The molecule has 0 aromatic rings. The van der Waals surface area contributed by atoms with Gasteiger partial charge in [0.25, 0.3) is 0 Å². The van der Waals surface area contributed by atoms with Gasteiger partial charge in [-0.15, -0.1) is 0 Å². The Labute approximate surface area is 67.6 Å². The molecule has 0 amide bonds. The highest BCUT2D eigenvalue weighted by molar-refractivity contribution is 5.87. The Bertz CT molecular complexity index is 178. The van der Waals surface area contributed by atoms with E-state index in [4.69, 9.17) is 0 Å². The summed E-state index contributed by atoms with van der Waals surface area (Å²) in [6.07, 6.45) is 4.62. The van der Waals surface area contributed by atoms with Crippen molar-refractivity contribution in [2.24, 2.45) is 5.92 Å². The maximum atomic E-state index is 11.6. The van der Waals surface area contributed by atoms with E-state index in [1.54, 1.807) is 0 Å². The molecule has 1 aliphatic carbocycles. The Morgan fingerprint density at radius 3 is 2.91 bits per heavy atom. The molecule has 0 N–H and O–H groups in total. The van der Waals surface area contributed by atoms with Crippen LogP contribution in [0.25, 0.3) is 0 Å². The second kappa shape index (κ2) is 2.59. The number of rotatable bonds is 0. The predicted octanol–water partition coefficient (Wildman–Crippen LogP) is 1.06. The summed E-state index contributed by atoms with van der Waals surface area (Å²) in [6, 6.07) is 0.280. The van der Waals surface area contributed by atoms with Gasteiger partial charge < -0.3 is 0 Å². The van der Waals surface area contributed by atoms with Crippen molar-refractivity contribution in [2.75, 3.05) is 13.6 Å². The lowest BCUT2D eigenvalue weighted by Crippen LogP contribution is -2.49. The number of likely N-dealkylation sites (tertiary alicyclic amines) is 1. The number of hydrogen-bond acceptors (Lipinski definition) is 2. The van der Waals surface area contributed by atoms with Gasteiger partial charge in [-0.2, -0.15) is 0 Å². The minimum Gasteiger partial charge on any atom is -0.298 e. The summed E-state index contributed by atoms with van der Waals surface area (Å²) in [4.78, 5) is 13.8. The summed E-state index contributed by atoms with van der Waals surface area (Å²) in [5, 5.41) is 0. The quantitative estimate of drug-likeness (QED) is 0.518. The average Bonchev–Trinajstić information content (AvgIpc) is 1.98. The highest BCUT2D eigenvalue weighted by atomic mass is 16.1. The average molecular weight is 153 g/mol. The normalized spacial score (nSPS) is 39.2. The second-order valence-electron chi connectivity index (χ2n) is 3.82. The standard InChI is InChI=1S/C9H15NO/c1-10-6-5-7-3-2-4-8(10)9(7)11/h7-8H,2-6H2,1H3. The van der Waals surface area contributed by atoms with E-state index in [9.17, 15) is 4.79 Å². The van der Waals surface area contributed by atoms with Crippen LogP contribution in [0.4, 0.5) is 0 Å². The van der Waals surface area contributed by atoms with Gasteiger partial charge in [0, 0.05) is 5.92 Å². The van der Waals surface area contributed by atoms with Crippen molar-refractivity contribution in [3.8, 4) is 0 Å². The zero-order chi connectivity index (χ0) is 7.84. The van der Waals surface area contributed by atoms with Gasteiger partial charge in [-0.05, 0) is 32.9 Å². The largest absolute Gasteiger partial charge is 0.298 e. The van der Waals surface area contributed by atoms with Crippen LogP contribution >= 0.6 is 0 Å². The smallest absolute Gasteiger partial charge is 0.153 e. The van der Waals surface area contributed by atoms with Crippen molar-refractivity contribution in [3.05, 3.63) is 0 Å². The monoisotopic (exact) mass is 153 g/mol. The van der Waals surface area contributed by atoms with E-state index in [-0.39, 0.29) is 6.04 Å². The molecule has 2 fully saturated rings. The highest BCUT2D eigenvalue weighted by Crippen LogP contribution is 2.30. The Morgan fingerprint density at radius 2 is 2.18 bits per heavy atom. The number of hydrogen-bond donors (Lipinski definition) is 0. The summed E-state index contributed by atoms with van der Waals surface area (Å²) < 4.78 is 0. The van der Waals surface area contributed by atoms with Gasteiger partial charge in [0.05, 0.1) is 6.04 Å².